The molecule has 0 radical (unpaired) electrons. The van der Waals surface area contributed by atoms with Gasteiger partial charge in [0.1, 0.15) is 6.67 Å². The highest BCUT2D eigenvalue weighted by atomic mass is 19.1. The molecule has 1 N–H and O–H groups in total. The van der Waals surface area contributed by atoms with Crippen molar-refractivity contribution in [3.05, 3.63) is 0 Å². The number of likely N-dealkylation sites (tertiary alicyclic amines) is 1. The third kappa shape index (κ3) is 1.72. The van der Waals surface area contributed by atoms with Crippen molar-refractivity contribution in [2.24, 2.45) is 5.92 Å². The number of hydrogen-bond acceptors (Lipinski definition) is 2. The fourth-order valence-electron chi connectivity index (χ4n) is 1.26. The van der Waals surface area contributed by atoms with Gasteiger partial charge in [0.05, 0.1) is 5.92 Å². The zero-order valence-corrected chi connectivity index (χ0v) is 6.49. The van der Waals surface area contributed by atoms with Crippen LogP contribution in [0.4, 0.5) is 4.39 Å². The maximum Gasteiger partial charge on any atom is 0.308 e. The number of nitrogens with zero attached hydrogens (tertiary/aromatic N) is 1. The Balaban J connectivity index is 2.50. The Morgan fingerprint density at radius 1 is 1.75 bits per heavy atom. The molecule has 4 nitrogen and oxygen atoms in total. The van der Waals surface area contributed by atoms with E-state index in [4.69, 9.17) is 5.11 Å². The van der Waals surface area contributed by atoms with Crippen LogP contribution in [-0.4, -0.2) is 41.6 Å². The largest absolute Gasteiger partial charge is 0.481 e. The number of rotatable bonds is 3. The molecule has 1 aliphatic heterocycles. The van der Waals surface area contributed by atoms with E-state index >= 15 is 0 Å². The summed E-state index contributed by atoms with van der Waals surface area (Å²) < 4.78 is 11.8. The minimum atomic E-state index is -0.982. The molecular weight excluding hydrogens is 165 g/mol. The van der Waals surface area contributed by atoms with Gasteiger partial charge in [-0.3, -0.25) is 9.59 Å². The van der Waals surface area contributed by atoms with Crippen LogP contribution < -0.4 is 0 Å². The van der Waals surface area contributed by atoms with E-state index in [1.54, 1.807) is 0 Å². The Morgan fingerprint density at radius 2 is 2.42 bits per heavy atom. The molecule has 0 aromatic carbocycles. The van der Waals surface area contributed by atoms with E-state index in [-0.39, 0.29) is 25.4 Å². The van der Waals surface area contributed by atoms with Crippen LogP contribution in [0, 0.1) is 5.92 Å². The third-order valence-corrected chi connectivity index (χ3v) is 1.92. The Hall–Kier alpha value is -1.13. The molecule has 1 heterocycles. The fourth-order valence-corrected chi connectivity index (χ4v) is 1.26. The monoisotopic (exact) mass is 175 g/mol. The van der Waals surface area contributed by atoms with Crippen molar-refractivity contribution in [3.63, 3.8) is 0 Å². The Labute approximate surface area is 69.0 Å². The summed E-state index contributed by atoms with van der Waals surface area (Å²) >= 11 is 0. The van der Waals surface area contributed by atoms with E-state index in [0.29, 0.717) is 0 Å². The lowest BCUT2D eigenvalue weighted by molar-refractivity contribution is -0.141. The van der Waals surface area contributed by atoms with E-state index in [2.05, 4.69) is 0 Å². The van der Waals surface area contributed by atoms with Gasteiger partial charge >= 0.3 is 5.97 Å². The van der Waals surface area contributed by atoms with Crippen LogP contribution in [0.3, 0.4) is 0 Å². The zero-order valence-electron chi connectivity index (χ0n) is 6.49. The second-order valence-electron chi connectivity index (χ2n) is 2.77. The molecule has 1 aliphatic rings. The number of aliphatic carboxylic acids is 1. The van der Waals surface area contributed by atoms with Gasteiger partial charge < -0.3 is 10.0 Å². The summed E-state index contributed by atoms with van der Waals surface area (Å²) in [5.41, 5.74) is 0. The molecule has 0 bridgehead atoms. The molecular formula is C7H10FNO3. The number of alkyl halides is 1. The highest BCUT2D eigenvalue weighted by Gasteiger charge is 2.33. The average Bonchev–Trinajstić information content (AvgIpc) is 2.34. The molecule has 0 aromatic rings. The van der Waals surface area contributed by atoms with Gasteiger partial charge in [-0.05, 0) is 0 Å². The van der Waals surface area contributed by atoms with Crippen LogP contribution in [0.2, 0.25) is 0 Å². The molecule has 0 aromatic heterocycles. The van der Waals surface area contributed by atoms with Gasteiger partial charge in [0.15, 0.2) is 0 Å². The summed E-state index contributed by atoms with van der Waals surface area (Å²) in [5, 5.41) is 8.54. The Bertz CT molecular complexity index is 207. The van der Waals surface area contributed by atoms with Gasteiger partial charge in [0.25, 0.3) is 0 Å². The van der Waals surface area contributed by atoms with Crippen molar-refractivity contribution in [1.82, 2.24) is 4.90 Å². The number of amides is 1. The van der Waals surface area contributed by atoms with Gasteiger partial charge in [-0.1, -0.05) is 0 Å². The lowest BCUT2D eigenvalue weighted by Gasteiger charge is -2.12. The van der Waals surface area contributed by atoms with Crippen LogP contribution in [0.15, 0.2) is 0 Å². The normalized spacial score (nSPS) is 23.2. The SMILES string of the molecule is O=C(O)C1CC(=O)N(CCF)C1. The lowest BCUT2D eigenvalue weighted by atomic mass is 10.1. The second kappa shape index (κ2) is 3.51. The van der Waals surface area contributed by atoms with Gasteiger partial charge in [-0.15, -0.1) is 0 Å². The molecule has 5 heteroatoms. The minimum Gasteiger partial charge on any atom is -0.481 e. The predicted octanol–water partition coefficient (Wildman–Crippen LogP) is -0.111. The summed E-state index contributed by atoms with van der Waals surface area (Å²) in [4.78, 5) is 22.6. The number of carbonyl (C=O) groups is 2. The van der Waals surface area contributed by atoms with E-state index in [1.807, 2.05) is 0 Å². The number of carboxylic acid groups (broad SMARTS) is 1. The van der Waals surface area contributed by atoms with Crippen molar-refractivity contribution in [2.45, 2.75) is 6.42 Å². The smallest absolute Gasteiger partial charge is 0.308 e. The lowest BCUT2D eigenvalue weighted by Crippen LogP contribution is -2.28. The summed E-state index contributed by atoms with van der Waals surface area (Å²) in [6, 6.07) is 0. The third-order valence-electron chi connectivity index (χ3n) is 1.92. The van der Waals surface area contributed by atoms with E-state index in [9.17, 15) is 14.0 Å². The minimum absolute atomic E-state index is 0.00926. The van der Waals surface area contributed by atoms with Crippen LogP contribution >= 0.6 is 0 Å². The molecule has 0 spiro atoms. The second-order valence-corrected chi connectivity index (χ2v) is 2.77. The Kier molecular flexibility index (Phi) is 2.62. The zero-order chi connectivity index (χ0) is 9.14. The highest BCUT2D eigenvalue weighted by Crippen LogP contribution is 2.17. The topological polar surface area (TPSA) is 57.6 Å². The van der Waals surface area contributed by atoms with Gasteiger partial charge in [-0.2, -0.15) is 0 Å². The van der Waals surface area contributed by atoms with Crippen molar-refractivity contribution in [1.29, 1.82) is 0 Å². The van der Waals surface area contributed by atoms with Gasteiger partial charge in [0, 0.05) is 19.5 Å². The standard InChI is InChI=1S/C7H10FNO3/c8-1-2-9-4-5(7(11)12)3-6(9)10/h5H,1-4H2,(H,11,12). The van der Waals surface area contributed by atoms with Crippen molar-refractivity contribution >= 4 is 11.9 Å². The van der Waals surface area contributed by atoms with E-state index < -0.39 is 18.6 Å². The molecule has 12 heavy (non-hydrogen) atoms. The molecule has 0 saturated carbocycles. The summed E-state index contributed by atoms with van der Waals surface area (Å²) in [7, 11) is 0. The number of hydrogen-bond donors (Lipinski definition) is 1. The first-order valence-electron chi connectivity index (χ1n) is 3.71. The first kappa shape index (κ1) is 8.96. The molecule has 0 aliphatic carbocycles. The van der Waals surface area contributed by atoms with Crippen molar-refractivity contribution in [3.8, 4) is 0 Å². The fraction of sp³-hybridized carbons (Fsp3) is 0.714. The van der Waals surface area contributed by atoms with Crippen molar-refractivity contribution < 1.29 is 19.1 Å². The maximum atomic E-state index is 11.8. The summed E-state index contributed by atoms with van der Waals surface area (Å²) in [5.74, 6) is -1.89. The molecule has 1 amide bonds. The molecule has 1 saturated heterocycles. The molecule has 1 rings (SSSR count). The quantitative estimate of drug-likeness (QED) is 0.651. The first-order chi connectivity index (χ1) is 5.65. The molecule has 1 atom stereocenters. The molecule has 1 unspecified atom stereocenters. The van der Waals surface area contributed by atoms with Crippen LogP contribution in [0.25, 0.3) is 0 Å². The summed E-state index contributed by atoms with van der Waals surface area (Å²) in [6.45, 7) is -0.446. The highest BCUT2D eigenvalue weighted by molar-refractivity contribution is 5.86. The van der Waals surface area contributed by atoms with Crippen LogP contribution in [0.1, 0.15) is 6.42 Å². The first-order valence-corrected chi connectivity index (χ1v) is 3.71. The molecule has 68 valence electrons. The average molecular weight is 175 g/mol. The van der Waals surface area contributed by atoms with Gasteiger partial charge in [-0.25, -0.2) is 4.39 Å². The number of carboxylic acids is 1. The summed E-state index contributed by atoms with van der Waals surface area (Å²) in [6.07, 6.45) is 0.00926. The van der Waals surface area contributed by atoms with Crippen molar-refractivity contribution in [2.75, 3.05) is 19.8 Å². The van der Waals surface area contributed by atoms with E-state index in [0.717, 1.165) is 0 Å². The number of halogens is 1. The van der Waals surface area contributed by atoms with E-state index in [1.165, 1.54) is 4.90 Å². The maximum absolute atomic E-state index is 11.8. The van der Waals surface area contributed by atoms with Gasteiger partial charge in [0.2, 0.25) is 5.91 Å². The predicted molar refractivity (Wildman–Crippen MR) is 38.3 cm³/mol. The van der Waals surface area contributed by atoms with Crippen LogP contribution in [-0.2, 0) is 9.59 Å². The molecule has 1 fully saturated rings. The Morgan fingerprint density at radius 3 is 2.83 bits per heavy atom. The van der Waals surface area contributed by atoms with Crippen LogP contribution in [0.5, 0.6) is 0 Å². The number of carbonyl (C=O) groups excluding carboxylic acids is 1.